The minimum absolute atomic E-state index is 0.0156. The van der Waals surface area contributed by atoms with E-state index in [0.717, 1.165) is 16.7 Å². The van der Waals surface area contributed by atoms with E-state index in [1.165, 1.54) is 17.9 Å². The van der Waals surface area contributed by atoms with Crippen LogP contribution in [0, 0.1) is 25.2 Å². The minimum Gasteiger partial charge on any atom is -0.490 e. The molecular formula is C32H36N6O4. The molecule has 0 amide bonds. The zero-order valence-corrected chi connectivity index (χ0v) is 24.4. The molecule has 2 heterocycles. The normalized spacial score (nSPS) is 11.9. The lowest BCUT2D eigenvalue weighted by Gasteiger charge is -2.16. The molecule has 10 nitrogen and oxygen atoms in total. The van der Waals surface area contributed by atoms with Crippen molar-refractivity contribution in [1.82, 2.24) is 19.7 Å². The molecule has 2 N–H and O–H groups in total. The van der Waals surface area contributed by atoms with Crippen molar-refractivity contribution >= 4 is 5.78 Å². The minimum atomic E-state index is -0.576. The number of Topliss-reactive ketones (excluding diaryl/α,β-unsaturated/α-hetero) is 1. The number of rotatable bonds is 11. The van der Waals surface area contributed by atoms with Gasteiger partial charge in [0.25, 0.3) is 5.56 Å². The van der Waals surface area contributed by atoms with Crippen LogP contribution >= 0.6 is 0 Å². The lowest BCUT2D eigenvalue weighted by atomic mass is 10.0. The second-order valence-corrected chi connectivity index (χ2v) is 9.75. The number of carbonyl (C=O) groups excluding carboxylic acids is 1. The van der Waals surface area contributed by atoms with Crippen LogP contribution in [0.15, 0.2) is 77.9 Å². The molecule has 0 spiro atoms. The van der Waals surface area contributed by atoms with Crippen molar-refractivity contribution in [3.05, 3.63) is 106 Å². The van der Waals surface area contributed by atoms with Gasteiger partial charge >= 0.3 is 0 Å². The van der Waals surface area contributed by atoms with Crippen molar-refractivity contribution < 1.29 is 14.3 Å². The number of nitrogens with two attached hydrogens (primary N) is 1. The van der Waals surface area contributed by atoms with E-state index in [1.54, 1.807) is 44.4 Å². The van der Waals surface area contributed by atoms with E-state index in [-0.39, 0.29) is 17.4 Å². The number of benzene rings is 2. The fraction of sp³-hybridized carbons (Fsp3) is 0.312. The molecule has 0 unspecified atom stereocenters. The fourth-order valence-corrected chi connectivity index (χ4v) is 3.91. The average molecular weight is 569 g/mol. The molecule has 0 bridgehead atoms. The van der Waals surface area contributed by atoms with Crippen LogP contribution < -0.4 is 16.0 Å². The van der Waals surface area contributed by atoms with Gasteiger partial charge < -0.3 is 15.2 Å². The smallest absolute Gasteiger partial charge is 0.267 e. The Morgan fingerprint density at radius 3 is 2.50 bits per heavy atom. The third-order valence-corrected chi connectivity index (χ3v) is 6.41. The molecule has 42 heavy (non-hydrogen) atoms. The quantitative estimate of drug-likeness (QED) is 0.265. The third kappa shape index (κ3) is 9.73. The molecule has 0 saturated heterocycles. The van der Waals surface area contributed by atoms with Gasteiger partial charge in [0.15, 0.2) is 11.5 Å². The average Bonchev–Trinajstić information content (AvgIpc) is 3.00. The van der Waals surface area contributed by atoms with Crippen LogP contribution in [0.3, 0.4) is 0 Å². The first kappa shape index (κ1) is 31.8. The molecule has 218 valence electrons. The van der Waals surface area contributed by atoms with Crippen LogP contribution in [-0.4, -0.2) is 51.4 Å². The Kier molecular flexibility index (Phi) is 12.0. The first-order chi connectivity index (χ1) is 20.2. The molecule has 2 atom stereocenters. The first-order valence-electron chi connectivity index (χ1n) is 13.6. The van der Waals surface area contributed by atoms with Crippen LogP contribution in [0.2, 0.25) is 0 Å². The second kappa shape index (κ2) is 15.9. The van der Waals surface area contributed by atoms with Crippen LogP contribution in [-0.2, 0) is 16.1 Å². The van der Waals surface area contributed by atoms with Crippen LogP contribution in [0.4, 0.5) is 0 Å². The number of carbonyl (C=O) groups is 1. The second-order valence-electron chi connectivity index (χ2n) is 9.75. The summed E-state index contributed by atoms with van der Waals surface area (Å²) in [7, 11) is 1.54. The molecule has 4 rings (SSSR count). The number of hydrogen-bond donors (Lipinski definition) is 1. The highest BCUT2D eigenvalue weighted by Gasteiger charge is 2.19. The zero-order valence-electron chi connectivity index (χ0n) is 24.4. The Morgan fingerprint density at radius 1 is 1.07 bits per heavy atom. The number of methoxy groups -OCH3 is 1. The van der Waals surface area contributed by atoms with Gasteiger partial charge in [0.2, 0.25) is 0 Å². The third-order valence-electron chi connectivity index (χ3n) is 6.41. The maximum atomic E-state index is 12.1. The molecular weight excluding hydrogens is 532 g/mol. The number of ketones is 1. The van der Waals surface area contributed by atoms with Crippen LogP contribution in [0.5, 0.6) is 5.75 Å². The summed E-state index contributed by atoms with van der Waals surface area (Å²) in [5, 5.41) is 13.4. The van der Waals surface area contributed by atoms with Gasteiger partial charge in [-0.3, -0.25) is 9.59 Å². The Labute approximate surface area is 245 Å². The highest BCUT2D eigenvalue weighted by molar-refractivity contribution is 5.84. The summed E-state index contributed by atoms with van der Waals surface area (Å²) in [6.45, 7) is 6.46. The molecule has 2 aromatic carbocycles. The maximum absolute atomic E-state index is 12.1. The molecule has 10 heteroatoms. The van der Waals surface area contributed by atoms with E-state index in [4.69, 9.17) is 20.5 Å². The van der Waals surface area contributed by atoms with Crippen LogP contribution in [0.25, 0.3) is 11.3 Å². The predicted octanol–water partition coefficient (Wildman–Crippen LogP) is 4.01. The van der Waals surface area contributed by atoms with Gasteiger partial charge in [-0.15, -0.1) is 0 Å². The highest BCUT2D eigenvalue weighted by Crippen LogP contribution is 2.17. The Hall–Kier alpha value is -4.72. The number of ether oxygens (including phenoxy) is 2. The van der Waals surface area contributed by atoms with E-state index in [9.17, 15) is 9.59 Å². The van der Waals surface area contributed by atoms with Crippen molar-refractivity contribution in [3.8, 4) is 23.1 Å². The number of aryl methyl sites for hydroxylation is 2. The Bertz CT molecular complexity index is 1560. The van der Waals surface area contributed by atoms with Crippen LogP contribution in [0.1, 0.15) is 42.3 Å². The fourth-order valence-electron chi connectivity index (χ4n) is 3.91. The molecule has 0 fully saturated rings. The van der Waals surface area contributed by atoms with Gasteiger partial charge in [0.05, 0.1) is 55.0 Å². The SMILES string of the molecule is CO[C@@H](C)[C@H](N)C(=O)CCCOc1cnc(C)nc1.Cc1cccc(Cn2nc(-c3cccc(C#N)c3)ccc2=O)c1. The standard InChI is InChI=1S/C19H15N3O.C13H21N3O3/c1-14-4-2-6-16(10-14)13-22-19(23)9-8-18(21-22)17-7-3-5-15(11-17)12-20;1-9(18-3)13(14)12(17)5-4-6-19-11-7-15-10(2)16-8-11/h2-11H,13H2,1H3;7-9,13H,4-6,14H2,1-3H3/t;9-,13-/m.0/s1. The van der Waals surface area contributed by atoms with E-state index in [0.29, 0.717) is 48.8 Å². The summed E-state index contributed by atoms with van der Waals surface area (Å²) >= 11 is 0. The van der Waals surface area contributed by atoms with Crippen molar-refractivity contribution in [1.29, 1.82) is 5.26 Å². The number of hydrogen-bond acceptors (Lipinski definition) is 9. The van der Waals surface area contributed by atoms with Gasteiger partial charge in [0, 0.05) is 25.2 Å². The molecule has 0 aliphatic heterocycles. The molecule has 0 aliphatic rings. The maximum Gasteiger partial charge on any atom is 0.267 e. The van der Waals surface area contributed by atoms with Crippen molar-refractivity contribution in [2.24, 2.45) is 5.73 Å². The Morgan fingerprint density at radius 2 is 1.81 bits per heavy atom. The largest absolute Gasteiger partial charge is 0.490 e. The van der Waals surface area contributed by atoms with E-state index in [2.05, 4.69) is 21.1 Å². The number of aromatic nitrogens is 4. The summed E-state index contributed by atoms with van der Waals surface area (Å²) in [5.74, 6) is 1.28. The van der Waals surface area contributed by atoms with E-state index >= 15 is 0 Å². The van der Waals surface area contributed by atoms with Crippen molar-refractivity contribution in [2.75, 3.05) is 13.7 Å². The summed E-state index contributed by atoms with van der Waals surface area (Å²) in [6, 6.07) is 19.9. The first-order valence-corrected chi connectivity index (χ1v) is 13.6. The van der Waals surface area contributed by atoms with Crippen molar-refractivity contribution in [3.63, 3.8) is 0 Å². The molecule has 0 aliphatic carbocycles. The summed E-state index contributed by atoms with van der Waals surface area (Å²) in [4.78, 5) is 31.8. The zero-order chi connectivity index (χ0) is 30.5. The van der Waals surface area contributed by atoms with Gasteiger partial charge in [0.1, 0.15) is 5.82 Å². The summed E-state index contributed by atoms with van der Waals surface area (Å²) < 4.78 is 11.9. The van der Waals surface area contributed by atoms with E-state index in [1.807, 2.05) is 43.3 Å². The number of nitriles is 1. The highest BCUT2D eigenvalue weighted by atomic mass is 16.5. The number of nitrogens with zero attached hydrogens (tertiary/aromatic N) is 5. The topological polar surface area (TPSA) is 146 Å². The lowest BCUT2D eigenvalue weighted by Crippen LogP contribution is -2.41. The van der Waals surface area contributed by atoms with Gasteiger partial charge in [-0.1, -0.05) is 42.0 Å². The molecule has 0 radical (unpaired) electrons. The molecule has 0 saturated carbocycles. The van der Waals surface area contributed by atoms with E-state index < -0.39 is 6.04 Å². The predicted molar refractivity (Wildman–Crippen MR) is 160 cm³/mol. The van der Waals surface area contributed by atoms with Gasteiger partial charge in [-0.25, -0.2) is 14.6 Å². The van der Waals surface area contributed by atoms with Gasteiger partial charge in [-0.2, -0.15) is 10.4 Å². The van der Waals surface area contributed by atoms with Gasteiger partial charge in [-0.05, 0) is 51.0 Å². The molecule has 4 aromatic rings. The lowest BCUT2D eigenvalue weighted by molar-refractivity contribution is -0.123. The Balaban J connectivity index is 0.000000236. The monoisotopic (exact) mass is 568 g/mol. The van der Waals surface area contributed by atoms with Crippen molar-refractivity contribution in [2.45, 2.75) is 52.3 Å². The summed E-state index contributed by atoms with van der Waals surface area (Å²) in [6.07, 6.45) is 3.95. The summed E-state index contributed by atoms with van der Waals surface area (Å²) in [5.41, 5.74) is 9.84. The molecule has 2 aromatic heterocycles.